The molecule has 3 rings (SSSR count). The van der Waals surface area contributed by atoms with Gasteiger partial charge in [0.15, 0.2) is 0 Å². The van der Waals surface area contributed by atoms with Crippen LogP contribution < -0.4 is 10.1 Å². The van der Waals surface area contributed by atoms with E-state index in [2.05, 4.69) is 10.3 Å². The van der Waals surface area contributed by atoms with Crippen LogP contribution in [0.15, 0.2) is 53.9 Å². The molecule has 0 spiro atoms. The van der Waals surface area contributed by atoms with Crippen molar-refractivity contribution in [2.24, 2.45) is 0 Å². The summed E-state index contributed by atoms with van der Waals surface area (Å²) < 4.78 is 18.2. The summed E-state index contributed by atoms with van der Waals surface area (Å²) in [5.74, 6) is -0.358. The highest BCUT2D eigenvalue weighted by atomic mass is 32.1. The quantitative estimate of drug-likeness (QED) is 0.634. The fourth-order valence-electron chi connectivity index (χ4n) is 2.66. The molecular weight excluding hydrogens is 393 g/mol. The lowest BCUT2D eigenvalue weighted by atomic mass is 10.2. The number of methoxy groups -OCH3 is 1. The summed E-state index contributed by atoms with van der Waals surface area (Å²) >= 11 is 1.29. The zero-order valence-electron chi connectivity index (χ0n) is 16.0. The molecule has 0 aliphatic rings. The molecule has 1 heterocycles. The number of carbonyl (C=O) groups is 2. The first-order valence-corrected chi connectivity index (χ1v) is 9.82. The van der Waals surface area contributed by atoms with E-state index in [-0.39, 0.29) is 29.9 Å². The SMILES string of the molecule is CCN(CC(=O)Nc1cccc(OC)c1)C(=O)c1csc(-c2ccc(F)cc2)n1. The minimum atomic E-state index is -0.335. The van der Waals surface area contributed by atoms with Gasteiger partial charge in [0.25, 0.3) is 5.91 Å². The van der Waals surface area contributed by atoms with E-state index >= 15 is 0 Å². The van der Waals surface area contributed by atoms with Gasteiger partial charge in [-0.1, -0.05) is 6.07 Å². The van der Waals surface area contributed by atoms with E-state index in [1.54, 1.807) is 55.8 Å². The van der Waals surface area contributed by atoms with E-state index in [9.17, 15) is 14.0 Å². The van der Waals surface area contributed by atoms with Crippen molar-refractivity contribution < 1.29 is 18.7 Å². The van der Waals surface area contributed by atoms with Crippen LogP contribution in [-0.2, 0) is 4.79 Å². The molecule has 29 heavy (non-hydrogen) atoms. The second-order valence-corrected chi connectivity index (χ2v) is 7.00. The Morgan fingerprint density at radius 2 is 1.97 bits per heavy atom. The number of rotatable bonds is 7. The number of hydrogen-bond acceptors (Lipinski definition) is 5. The largest absolute Gasteiger partial charge is 0.497 e. The standard InChI is InChI=1S/C21H20FN3O3S/c1-3-25(12-19(26)23-16-5-4-6-17(11-16)28-2)21(27)18-13-29-20(24-18)14-7-9-15(22)10-8-14/h4-11,13H,3,12H2,1-2H3,(H,23,26). The van der Waals surface area contributed by atoms with Crippen molar-refractivity contribution in [1.29, 1.82) is 0 Å². The molecule has 8 heteroatoms. The van der Waals surface area contributed by atoms with Gasteiger partial charge in [-0.05, 0) is 43.3 Å². The zero-order valence-corrected chi connectivity index (χ0v) is 16.8. The lowest BCUT2D eigenvalue weighted by Gasteiger charge is -2.19. The normalized spacial score (nSPS) is 10.4. The van der Waals surface area contributed by atoms with E-state index in [4.69, 9.17) is 4.74 Å². The Balaban J connectivity index is 1.67. The van der Waals surface area contributed by atoms with Crippen LogP contribution in [0.1, 0.15) is 17.4 Å². The summed E-state index contributed by atoms with van der Waals surface area (Å²) in [5.41, 5.74) is 1.57. The summed E-state index contributed by atoms with van der Waals surface area (Å²) in [5, 5.41) is 5.02. The number of amides is 2. The predicted molar refractivity (Wildman–Crippen MR) is 111 cm³/mol. The highest BCUT2D eigenvalue weighted by molar-refractivity contribution is 7.13. The number of halogens is 1. The molecule has 150 valence electrons. The number of thiazole rings is 1. The number of nitrogens with one attached hydrogen (secondary N) is 1. The second-order valence-electron chi connectivity index (χ2n) is 6.14. The molecule has 0 radical (unpaired) electrons. The maximum Gasteiger partial charge on any atom is 0.273 e. The Bertz CT molecular complexity index is 1000. The van der Waals surface area contributed by atoms with Gasteiger partial charge in [-0.2, -0.15) is 0 Å². The van der Waals surface area contributed by atoms with Gasteiger partial charge < -0.3 is 15.0 Å². The van der Waals surface area contributed by atoms with E-state index in [1.165, 1.54) is 28.4 Å². The molecule has 0 fully saturated rings. The molecule has 0 atom stereocenters. The number of nitrogens with zero attached hydrogens (tertiary/aromatic N) is 2. The first-order chi connectivity index (χ1) is 14.0. The van der Waals surface area contributed by atoms with Gasteiger partial charge in [-0.3, -0.25) is 9.59 Å². The Hall–Kier alpha value is -3.26. The van der Waals surface area contributed by atoms with Crippen LogP contribution in [0.2, 0.25) is 0 Å². The van der Waals surface area contributed by atoms with Gasteiger partial charge in [-0.15, -0.1) is 11.3 Å². The molecule has 1 aromatic heterocycles. The van der Waals surface area contributed by atoms with E-state index in [0.29, 0.717) is 23.0 Å². The van der Waals surface area contributed by atoms with Crippen LogP contribution in [0.5, 0.6) is 5.75 Å². The van der Waals surface area contributed by atoms with Gasteiger partial charge >= 0.3 is 0 Å². The minimum Gasteiger partial charge on any atom is -0.497 e. The van der Waals surface area contributed by atoms with Crippen molar-refractivity contribution in [2.45, 2.75) is 6.92 Å². The summed E-state index contributed by atoms with van der Waals surface area (Å²) in [6, 6.07) is 12.9. The monoisotopic (exact) mass is 413 g/mol. The Kier molecular flexibility index (Phi) is 6.56. The van der Waals surface area contributed by atoms with Crippen molar-refractivity contribution in [3.8, 4) is 16.3 Å². The Morgan fingerprint density at radius 3 is 2.66 bits per heavy atom. The average molecular weight is 413 g/mol. The number of ether oxygens (including phenoxy) is 1. The zero-order chi connectivity index (χ0) is 20.8. The minimum absolute atomic E-state index is 0.101. The van der Waals surface area contributed by atoms with E-state index in [0.717, 1.165) is 5.56 Å². The van der Waals surface area contributed by atoms with Crippen molar-refractivity contribution in [3.63, 3.8) is 0 Å². The highest BCUT2D eigenvalue weighted by Crippen LogP contribution is 2.24. The van der Waals surface area contributed by atoms with Gasteiger partial charge in [-0.25, -0.2) is 9.37 Å². The van der Waals surface area contributed by atoms with Crippen LogP contribution in [0, 0.1) is 5.82 Å². The smallest absolute Gasteiger partial charge is 0.273 e. The molecule has 6 nitrogen and oxygen atoms in total. The number of aromatic nitrogens is 1. The first-order valence-electron chi connectivity index (χ1n) is 8.94. The fourth-order valence-corrected chi connectivity index (χ4v) is 3.46. The topological polar surface area (TPSA) is 71.5 Å². The number of carbonyl (C=O) groups excluding carboxylic acids is 2. The molecule has 2 amide bonds. The third-order valence-electron chi connectivity index (χ3n) is 4.17. The molecule has 0 aliphatic carbocycles. The second kappa shape index (κ2) is 9.29. The molecule has 0 saturated heterocycles. The molecule has 0 saturated carbocycles. The predicted octanol–water partition coefficient (Wildman–Crippen LogP) is 4.06. The highest BCUT2D eigenvalue weighted by Gasteiger charge is 2.20. The van der Waals surface area contributed by atoms with Crippen molar-refractivity contribution in [3.05, 3.63) is 65.4 Å². The van der Waals surface area contributed by atoms with Crippen molar-refractivity contribution >= 4 is 28.8 Å². The van der Waals surface area contributed by atoms with Crippen LogP contribution in [-0.4, -0.2) is 41.9 Å². The maximum atomic E-state index is 13.1. The molecule has 0 unspecified atom stereocenters. The fraction of sp³-hybridized carbons (Fsp3) is 0.190. The van der Waals surface area contributed by atoms with Gasteiger partial charge in [0.05, 0.1) is 7.11 Å². The summed E-state index contributed by atoms with van der Waals surface area (Å²) in [6.07, 6.45) is 0. The Labute approximate surface area is 172 Å². The molecular formula is C21H20FN3O3S. The van der Waals surface area contributed by atoms with Crippen LogP contribution in [0.25, 0.3) is 10.6 Å². The molecule has 1 N–H and O–H groups in total. The third-order valence-corrected chi connectivity index (χ3v) is 5.06. The van der Waals surface area contributed by atoms with Gasteiger partial charge in [0.1, 0.15) is 28.8 Å². The van der Waals surface area contributed by atoms with E-state index < -0.39 is 0 Å². The molecule has 0 bridgehead atoms. The van der Waals surface area contributed by atoms with Crippen molar-refractivity contribution in [2.75, 3.05) is 25.5 Å². The van der Waals surface area contributed by atoms with E-state index in [1.807, 2.05) is 0 Å². The summed E-state index contributed by atoms with van der Waals surface area (Å²) in [4.78, 5) is 30.9. The summed E-state index contributed by atoms with van der Waals surface area (Å²) in [7, 11) is 1.55. The maximum absolute atomic E-state index is 13.1. The average Bonchev–Trinajstić information content (AvgIpc) is 3.22. The van der Waals surface area contributed by atoms with Gasteiger partial charge in [0, 0.05) is 29.2 Å². The molecule has 2 aromatic carbocycles. The van der Waals surface area contributed by atoms with Crippen LogP contribution >= 0.6 is 11.3 Å². The Morgan fingerprint density at radius 1 is 1.21 bits per heavy atom. The number of anilines is 1. The lowest BCUT2D eigenvalue weighted by Crippen LogP contribution is -2.38. The number of benzene rings is 2. The summed E-state index contributed by atoms with van der Waals surface area (Å²) in [6.45, 7) is 2.05. The number of likely N-dealkylation sites (N-methyl/N-ethyl adjacent to an activating group) is 1. The number of hydrogen-bond donors (Lipinski definition) is 1. The molecule has 3 aromatic rings. The lowest BCUT2D eigenvalue weighted by molar-refractivity contribution is -0.116. The van der Waals surface area contributed by atoms with Crippen LogP contribution in [0.4, 0.5) is 10.1 Å². The molecule has 0 aliphatic heterocycles. The first kappa shape index (κ1) is 20.5. The third kappa shape index (κ3) is 5.17. The van der Waals surface area contributed by atoms with Crippen molar-refractivity contribution in [1.82, 2.24) is 9.88 Å². The van der Waals surface area contributed by atoms with Gasteiger partial charge in [0.2, 0.25) is 5.91 Å². The van der Waals surface area contributed by atoms with Crippen LogP contribution in [0.3, 0.4) is 0 Å².